The van der Waals surface area contributed by atoms with E-state index in [0.717, 1.165) is 5.82 Å². The summed E-state index contributed by atoms with van der Waals surface area (Å²) in [4.78, 5) is 3.93. The smallest absolute Gasteiger partial charge is 0 e. The molecule has 0 spiro atoms. The van der Waals surface area contributed by atoms with Crippen LogP contribution in [-0.2, 0) is 0 Å². The van der Waals surface area contributed by atoms with Crippen LogP contribution in [0.3, 0.4) is 0 Å². The molecule has 0 aromatic carbocycles. The summed E-state index contributed by atoms with van der Waals surface area (Å²) in [6.07, 6.45) is 1.72. The molecule has 0 fully saturated rings. The van der Waals surface area contributed by atoms with Crippen LogP contribution in [-0.4, -0.2) is 12.0 Å². The van der Waals surface area contributed by atoms with Crippen LogP contribution in [0.4, 0.5) is 5.82 Å². The van der Waals surface area contributed by atoms with Crippen molar-refractivity contribution in [2.45, 2.75) is 0 Å². The van der Waals surface area contributed by atoms with Crippen LogP contribution in [0.1, 0.15) is 0 Å². The first kappa shape index (κ1) is 9.39. The van der Waals surface area contributed by atoms with E-state index in [1.807, 2.05) is 18.2 Å². The molecule has 1 rings (SSSR count). The molecule has 1 radical (unpaired) electrons. The molecule has 1 heterocycles. The Bertz CT molecular complexity index is 152. The Morgan fingerprint density at radius 1 is 1.44 bits per heavy atom. The molecule has 0 aliphatic carbocycles. The van der Waals surface area contributed by atoms with Crippen LogP contribution in [0.25, 0.3) is 5.32 Å². The van der Waals surface area contributed by atoms with Gasteiger partial charge in [-0.25, -0.2) is 0 Å². The maximum atomic E-state index is 3.93. The first-order valence-electron chi connectivity index (χ1n) is 2.44. The molecule has 9 heavy (non-hydrogen) atoms. The number of hydrogen-bond acceptors (Lipinski definition) is 1. The number of rotatable bonds is 1. The van der Waals surface area contributed by atoms with Gasteiger partial charge in [-0.2, -0.15) is 0 Å². The van der Waals surface area contributed by atoms with E-state index in [1.54, 1.807) is 13.2 Å². The molecular formula is C6H7AcN2-. The average Bonchev–Trinajstić information content (AvgIpc) is 1.90. The first-order valence-corrected chi connectivity index (χ1v) is 2.44. The predicted molar refractivity (Wildman–Crippen MR) is 33.2 cm³/mol. The van der Waals surface area contributed by atoms with Crippen LogP contribution in [0, 0.1) is 44.1 Å². The molecule has 0 saturated heterocycles. The summed E-state index contributed by atoms with van der Waals surface area (Å²) in [6, 6.07) is 5.64. The van der Waals surface area contributed by atoms with Crippen LogP contribution in [0.15, 0.2) is 24.4 Å². The minimum atomic E-state index is 0. The van der Waals surface area contributed by atoms with Crippen molar-refractivity contribution >= 4 is 5.82 Å². The van der Waals surface area contributed by atoms with Gasteiger partial charge in [0.25, 0.3) is 0 Å². The summed E-state index contributed by atoms with van der Waals surface area (Å²) in [5.41, 5.74) is 0. The Labute approximate surface area is 90.6 Å². The van der Waals surface area contributed by atoms with Crippen molar-refractivity contribution in [1.29, 1.82) is 0 Å². The minimum absolute atomic E-state index is 0. The fraction of sp³-hybridized carbons (Fsp3) is 0.167. The van der Waals surface area contributed by atoms with Gasteiger partial charge in [0.1, 0.15) is 0 Å². The van der Waals surface area contributed by atoms with Crippen molar-refractivity contribution in [2.75, 3.05) is 7.05 Å². The van der Waals surface area contributed by atoms with E-state index < -0.39 is 0 Å². The second kappa shape index (κ2) is 5.20. The van der Waals surface area contributed by atoms with Gasteiger partial charge in [-0.05, 0) is 0 Å². The zero-order chi connectivity index (χ0) is 5.82. The number of nitrogens with zero attached hydrogens (tertiary/aromatic N) is 2. The van der Waals surface area contributed by atoms with Gasteiger partial charge >= 0.3 is 0 Å². The number of aromatic nitrogens is 1. The van der Waals surface area contributed by atoms with Crippen molar-refractivity contribution < 1.29 is 44.1 Å². The standard InChI is InChI=1S/C6H7N2.Ac/c1-7-6-4-2-3-5-8-6;/h2-5H,1H3;/q-1;. The van der Waals surface area contributed by atoms with Gasteiger partial charge in [0.2, 0.25) is 0 Å². The van der Waals surface area contributed by atoms with E-state index in [4.69, 9.17) is 0 Å². The van der Waals surface area contributed by atoms with E-state index in [9.17, 15) is 0 Å². The topological polar surface area (TPSA) is 27.0 Å². The zero-order valence-electron chi connectivity index (χ0n) is 5.28. The van der Waals surface area contributed by atoms with E-state index in [0.29, 0.717) is 0 Å². The Morgan fingerprint density at radius 3 is 2.56 bits per heavy atom. The fourth-order valence-corrected chi connectivity index (χ4v) is 0.486. The van der Waals surface area contributed by atoms with Gasteiger partial charge in [-0.15, -0.1) is 0 Å². The molecular weight excluding hydrogens is 327 g/mol. The van der Waals surface area contributed by atoms with E-state index >= 15 is 0 Å². The Kier molecular flexibility index (Phi) is 5.42. The summed E-state index contributed by atoms with van der Waals surface area (Å²) in [7, 11) is 1.72. The largest absolute Gasteiger partial charge is 0.469 e. The second-order valence-corrected chi connectivity index (χ2v) is 1.41. The summed E-state index contributed by atoms with van der Waals surface area (Å²) < 4.78 is 0. The Balaban J connectivity index is 0.000000640. The fourth-order valence-electron chi connectivity index (χ4n) is 0.486. The van der Waals surface area contributed by atoms with Gasteiger partial charge in [0.15, 0.2) is 0 Å². The van der Waals surface area contributed by atoms with Crippen molar-refractivity contribution in [3.8, 4) is 0 Å². The van der Waals surface area contributed by atoms with Crippen LogP contribution >= 0.6 is 0 Å². The molecule has 3 heteroatoms. The summed E-state index contributed by atoms with van der Waals surface area (Å²) in [6.45, 7) is 0. The summed E-state index contributed by atoms with van der Waals surface area (Å²) in [5, 5.41) is 3.86. The summed E-state index contributed by atoms with van der Waals surface area (Å²) >= 11 is 0. The Morgan fingerprint density at radius 2 is 2.22 bits per heavy atom. The van der Waals surface area contributed by atoms with Gasteiger partial charge in [-0.3, -0.25) is 0 Å². The predicted octanol–water partition coefficient (Wildman–Crippen LogP) is 1.72. The molecule has 0 aliphatic rings. The maximum absolute atomic E-state index is 3.93. The van der Waals surface area contributed by atoms with Crippen molar-refractivity contribution in [1.82, 2.24) is 4.98 Å². The molecule has 0 atom stereocenters. The maximum Gasteiger partial charge on any atom is 0 e. The molecule has 0 N–H and O–H groups in total. The molecule has 2 nitrogen and oxygen atoms in total. The van der Waals surface area contributed by atoms with Crippen LogP contribution in [0.5, 0.6) is 0 Å². The minimum Gasteiger partial charge on any atom is -0.469 e. The molecule has 45 valence electrons. The van der Waals surface area contributed by atoms with Gasteiger partial charge in [-0.1, -0.05) is 37.3 Å². The van der Waals surface area contributed by atoms with Gasteiger partial charge in [0, 0.05) is 44.1 Å². The molecule has 0 unspecified atom stereocenters. The second-order valence-electron chi connectivity index (χ2n) is 1.41. The quantitative estimate of drug-likeness (QED) is 0.768. The monoisotopic (exact) mass is 334 g/mol. The average molecular weight is 334 g/mol. The van der Waals surface area contributed by atoms with Crippen LogP contribution < -0.4 is 0 Å². The molecule has 0 amide bonds. The third-order valence-corrected chi connectivity index (χ3v) is 0.878. The third-order valence-electron chi connectivity index (χ3n) is 0.878. The Hall–Kier alpha value is 0.392. The number of hydrogen-bond donors (Lipinski definition) is 0. The summed E-state index contributed by atoms with van der Waals surface area (Å²) in [5.74, 6) is 0.785. The molecule has 0 saturated carbocycles. The van der Waals surface area contributed by atoms with Gasteiger partial charge < -0.3 is 10.3 Å². The van der Waals surface area contributed by atoms with E-state index in [2.05, 4.69) is 10.3 Å². The van der Waals surface area contributed by atoms with Gasteiger partial charge in [0.05, 0.1) is 0 Å². The van der Waals surface area contributed by atoms with E-state index in [1.165, 1.54) is 0 Å². The van der Waals surface area contributed by atoms with Crippen molar-refractivity contribution in [3.63, 3.8) is 0 Å². The zero-order valence-corrected chi connectivity index (χ0v) is 10.0. The molecule has 1 aromatic heterocycles. The SMILES string of the molecule is C[N-]c1ccccn1.[Ac]. The number of pyridine rings is 1. The molecule has 0 bridgehead atoms. The molecule has 0 aliphatic heterocycles. The van der Waals surface area contributed by atoms with Crippen LogP contribution in [0.2, 0.25) is 0 Å². The molecule has 1 aromatic rings. The normalized spacial score (nSPS) is 7.67. The van der Waals surface area contributed by atoms with E-state index in [-0.39, 0.29) is 44.1 Å². The third kappa shape index (κ3) is 3.17. The van der Waals surface area contributed by atoms with Crippen molar-refractivity contribution in [2.24, 2.45) is 0 Å². The first-order chi connectivity index (χ1) is 3.93. The van der Waals surface area contributed by atoms with Crippen molar-refractivity contribution in [3.05, 3.63) is 29.7 Å².